The molecule has 3 N–H and O–H groups in total. The summed E-state index contributed by atoms with van der Waals surface area (Å²) in [6, 6.07) is 5.70. The summed E-state index contributed by atoms with van der Waals surface area (Å²) in [4.78, 5) is 25.7. The molecule has 2 saturated heterocycles. The number of amides is 1. The Morgan fingerprint density at radius 3 is 2.75 bits per heavy atom. The molecule has 0 saturated carbocycles. The van der Waals surface area contributed by atoms with Crippen molar-refractivity contribution < 1.29 is 9.53 Å². The van der Waals surface area contributed by atoms with Crippen molar-refractivity contribution in [1.29, 1.82) is 0 Å². The minimum absolute atomic E-state index is 0.228. The van der Waals surface area contributed by atoms with Gasteiger partial charge in [-0.3, -0.25) is 4.79 Å². The van der Waals surface area contributed by atoms with E-state index in [9.17, 15) is 4.79 Å². The van der Waals surface area contributed by atoms with Crippen molar-refractivity contribution in [2.45, 2.75) is 18.9 Å². The highest BCUT2D eigenvalue weighted by Gasteiger charge is 2.32. The Morgan fingerprint density at radius 1 is 1.29 bits per heavy atom. The molecule has 8 heteroatoms. The summed E-state index contributed by atoms with van der Waals surface area (Å²) >= 11 is 0. The van der Waals surface area contributed by atoms with Crippen LogP contribution >= 0.6 is 0 Å². The Kier molecular flexibility index (Phi) is 4.91. The summed E-state index contributed by atoms with van der Waals surface area (Å²) in [5, 5.41) is 3.75. The number of morpholine rings is 1. The largest absolute Gasteiger partial charge is 0.378 e. The van der Waals surface area contributed by atoms with E-state index in [-0.39, 0.29) is 11.4 Å². The third kappa shape index (κ3) is 3.79. The van der Waals surface area contributed by atoms with Crippen LogP contribution in [0.2, 0.25) is 0 Å². The second kappa shape index (κ2) is 7.37. The molecule has 2 aliphatic rings. The standard InChI is InChI=1S/C20H26N6O2/c1-3-17(27)22-14-4-5-15-16(12-14)23-19(25-8-10-28-11-9-25)24-18(15)26-7-6-20(2,21)13-26/h3-5,12H,1,6-11,13,21H2,2H3,(H,22,27)/t20-/m1/s1. The van der Waals surface area contributed by atoms with E-state index >= 15 is 0 Å². The minimum Gasteiger partial charge on any atom is -0.378 e. The summed E-state index contributed by atoms with van der Waals surface area (Å²) < 4.78 is 5.46. The highest BCUT2D eigenvalue weighted by atomic mass is 16.5. The first kappa shape index (κ1) is 18.6. The van der Waals surface area contributed by atoms with E-state index < -0.39 is 0 Å². The molecule has 1 aromatic heterocycles. The lowest BCUT2D eigenvalue weighted by Crippen LogP contribution is -2.40. The normalized spacial score (nSPS) is 22.5. The van der Waals surface area contributed by atoms with Crippen LogP contribution in [0, 0.1) is 0 Å². The lowest BCUT2D eigenvalue weighted by atomic mass is 10.0. The van der Waals surface area contributed by atoms with E-state index in [1.165, 1.54) is 6.08 Å². The number of nitrogens with two attached hydrogens (primary N) is 1. The third-order valence-electron chi connectivity index (χ3n) is 5.22. The van der Waals surface area contributed by atoms with Gasteiger partial charge >= 0.3 is 0 Å². The molecular formula is C20H26N6O2. The van der Waals surface area contributed by atoms with Crippen molar-refractivity contribution in [2.24, 2.45) is 5.73 Å². The number of carbonyl (C=O) groups excluding carboxylic acids is 1. The van der Waals surface area contributed by atoms with Gasteiger partial charge in [-0.15, -0.1) is 0 Å². The van der Waals surface area contributed by atoms with Gasteiger partial charge in [-0.2, -0.15) is 4.98 Å². The average molecular weight is 382 g/mol. The molecule has 1 amide bonds. The molecule has 0 bridgehead atoms. The van der Waals surface area contributed by atoms with Crippen LogP contribution in [-0.4, -0.2) is 60.8 Å². The van der Waals surface area contributed by atoms with Crippen LogP contribution in [0.4, 0.5) is 17.5 Å². The van der Waals surface area contributed by atoms with Gasteiger partial charge in [0.2, 0.25) is 11.9 Å². The van der Waals surface area contributed by atoms with E-state index in [1.54, 1.807) is 0 Å². The summed E-state index contributed by atoms with van der Waals surface area (Å²) in [6.45, 7) is 10.0. The van der Waals surface area contributed by atoms with Gasteiger partial charge in [0.05, 0.1) is 18.7 Å². The summed E-state index contributed by atoms with van der Waals surface area (Å²) in [5.74, 6) is 1.33. The monoisotopic (exact) mass is 382 g/mol. The van der Waals surface area contributed by atoms with Crippen molar-refractivity contribution in [3.05, 3.63) is 30.9 Å². The Labute approximate surface area is 164 Å². The first-order valence-electron chi connectivity index (χ1n) is 9.57. The molecule has 8 nitrogen and oxygen atoms in total. The van der Waals surface area contributed by atoms with Crippen molar-refractivity contribution >= 4 is 34.3 Å². The van der Waals surface area contributed by atoms with Crippen molar-refractivity contribution in [2.75, 3.05) is 54.5 Å². The van der Waals surface area contributed by atoms with Crippen LogP contribution < -0.4 is 20.9 Å². The van der Waals surface area contributed by atoms with Gasteiger partial charge in [-0.05, 0) is 37.6 Å². The number of carbonyl (C=O) groups is 1. The summed E-state index contributed by atoms with van der Waals surface area (Å²) in [5.41, 5.74) is 7.60. The van der Waals surface area contributed by atoms with Crippen LogP contribution in [0.5, 0.6) is 0 Å². The van der Waals surface area contributed by atoms with Crippen LogP contribution in [0.1, 0.15) is 13.3 Å². The lowest BCUT2D eigenvalue weighted by molar-refractivity contribution is -0.111. The first-order valence-corrected chi connectivity index (χ1v) is 9.57. The number of fused-ring (bicyclic) bond motifs is 1. The molecule has 28 heavy (non-hydrogen) atoms. The van der Waals surface area contributed by atoms with E-state index in [2.05, 4.69) is 28.6 Å². The Bertz CT molecular complexity index is 907. The average Bonchev–Trinajstić information content (AvgIpc) is 3.07. The second-order valence-corrected chi connectivity index (χ2v) is 7.70. The molecule has 0 aliphatic carbocycles. The smallest absolute Gasteiger partial charge is 0.247 e. The van der Waals surface area contributed by atoms with Gasteiger partial charge in [-0.25, -0.2) is 4.98 Å². The van der Waals surface area contributed by atoms with Crippen LogP contribution in [-0.2, 0) is 9.53 Å². The zero-order valence-corrected chi connectivity index (χ0v) is 16.1. The molecular weight excluding hydrogens is 356 g/mol. The summed E-state index contributed by atoms with van der Waals surface area (Å²) in [6.07, 6.45) is 2.17. The summed E-state index contributed by atoms with van der Waals surface area (Å²) in [7, 11) is 0. The first-order chi connectivity index (χ1) is 13.4. The predicted molar refractivity (Wildman–Crippen MR) is 111 cm³/mol. The zero-order chi connectivity index (χ0) is 19.7. The Morgan fingerprint density at radius 2 is 2.07 bits per heavy atom. The van der Waals surface area contributed by atoms with Crippen LogP contribution in [0.3, 0.4) is 0 Å². The molecule has 0 unspecified atom stereocenters. The highest BCUT2D eigenvalue weighted by molar-refractivity contribution is 6.01. The molecule has 0 spiro atoms. The van der Waals surface area contributed by atoms with Gasteiger partial charge in [0.25, 0.3) is 0 Å². The van der Waals surface area contributed by atoms with Gasteiger partial charge in [0.1, 0.15) is 5.82 Å². The van der Waals surface area contributed by atoms with Gasteiger partial charge in [0, 0.05) is 42.8 Å². The molecule has 3 heterocycles. The van der Waals surface area contributed by atoms with E-state index in [1.807, 2.05) is 18.2 Å². The number of ether oxygens (including phenoxy) is 1. The fourth-order valence-corrected chi connectivity index (χ4v) is 3.68. The highest BCUT2D eigenvalue weighted by Crippen LogP contribution is 2.32. The maximum Gasteiger partial charge on any atom is 0.247 e. The van der Waals surface area contributed by atoms with Crippen molar-refractivity contribution in [3.8, 4) is 0 Å². The van der Waals surface area contributed by atoms with Gasteiger partial charge < -0.3 is 25.6 Å². The number of nitrogens with zero attached hydrogens (tertiary/aromatic N) is 4. The number of hydrogen-bond acceptors (Lipinski definition) is 7. The number of nitrogens with one attached hydrogen (secondary N) is 1. The molecule has 2 aliphatic heterocycles. The molecule has 0 radical (unpaired) electrons. The van der Waals surface area contributed by atoms with Crippen molar-refractivity contribution in [3.63, 3.8) is 0 Å². The number of benzene rings is 1. The molecule has 1 atom stereocenters. The topological polar surface area (TPSA) is 96.6 Å². The Hall–Kier alpha value is -2.71. The third-order valence-corrected chi connectivity index (χ3v) is 5.22. The van der Waals surface area contributed by atoms with Crippen LogP contribution in [0.25, 0.3) is 10.9 Å². The quantitative estimate of drug-likeness (QED) is 0.774. The number of anilines is 3. The van der Waals surface area contributed by atoms with E-state index in [0.717, 1.165) is 49.3 Å². The number of hydrogen-bond donors (Lipinski definition) is 2. The Balaban J connectivity index is 1.78. The van der Waals surface area contributed by atoms with Gasteiger partial charge in [-0.1, -0.05) is 6.58 Å². The van der Waals surface area contributed by atoms with Gasteiger partial charge in [0.15, 0.2) is 0 Å². The van der Waals surface area contributed by atoms with E-state index in [0.29, 0.717) is 24.8 Å². The van der Waals surface area contributed by atoms with E-state index in [4.69, 9.17) is 20.4 Å². The zero-order valence-electron chi connectivity index (χ0n) is 16.1. The fraction of sp³-hybridized carbons (Fsp3) is 0.450. The fourth-order valence-electron chi connectivity index (χ4n) is 3.68. The lowest BCUT2D eigenvalue weighted by Gasteiger charge is -2.29. The predicted octanol–water partition coefficient (Wildman–Crippen LogP) is 1.52. The van der Waals surface area contributed by atoms with Crippen LogP contribution in [0.15, 0.2) is 30.9 Å². The number of rotatable bonds is 4. The maximum absolute atomic E-state index is 11.7. The molecule has 2 fully saturated rings. The van der Waals surface area contributed by atoms with Crippen molar-refractivity contribution in [1.82, 2.24) is 9.97 Å². The SMILES string of the molecule is C=CC(=O)Nc1ccc2c(N3CC[C@@](C)(N)C3)nc(N3CCOCC3)nc2c1. The number of aromatic nitrogens is 2. The molecule has 1 aromatic carbocycles. The minimum atomic E-state index is -0.250. The molecule has 148 valence electrons. The second-order valence-electron chi connectivity index (χ2n) is 7.70. The molecule has 2 aromatic rings. The maximum atomic E-state index is 11.7. The molecule has 4 rings (SSSR count).